The van der Waals surface area contributed by atoms with Gasteiger partial charge in [-0.05, 0) is 31.0 Å². The molecule has 0 atom stereocenters. The lowest BCUT2D eigenvalue weighted by Crippen LogP contribution is -2.37. The SMILES string of the molecule is Cn1ncc(CN2CCC(Oc3cccc4[nH]ccc34)CC2)n1. The molecule has 2 aromatic heterocycles. The van der Waals surface area contributed by atoms with Crippen molar-refractivity contribution in [2.24, 2.45) is 7.05 Å². The van der Waals surface area contributed by atoms with Gasteiger partial charge in [-0.15, -0.1) is 0 Å². The lowest BCUT2D eigenvalue weighted by Gasteiger charge is -2.31. The van der Waals surface area contributed by atoms with Crippen molar-refractivity contribution in [1.29, 1.82) is 0 Å². The third-order valence-corrected chi connectivity index (χ3v) is 4.42. The van der Waals surface area contributed by atoms with Crippen molar-refractivity contribution in [2.75, 3.05) is 13.1 Å². The van der Waals surface area contributed by atoms with Crippen molar-refractivity contribution in [3.8, 4) is 5.75 Å². The zero-order valence-electron chi connectivity index (χ0n) is 13.3. The van der Waals surface area contributed by atoms with E-state index < -0.39 is 0 Å². The fourth-order valence-electron chi connectivity index (χ4n) is 3.21. The van der Waals surface area contributed by atoms with E-state index in [1.165, 1.54) is 0 Å². The van der Waals surface area contributed by atoms with Crippen molar-refractivity contribution < 1.29 is 4.74 Å². The molecule has 6 heteroatoms. The smallest absolute Gasteiger partial charge is 0.129 e. The Kier molecular flexibility index (Phi) is 3.75. The van der Waals surface area contributed by atoms with Gasteiger partial charge in [-0.2, -0.15) is 15.0 Å². The van der Waals surface area contributed by atoms with Crippen molar-refractivity contribution in [3.63, 3.8) is 0 Å². The van der Waals surface area contributed by atoms with Crippen molar-refractivity contribution in [2.45, 2.75) is 25.5 Å². The molecule has 1 fully saturated rings. The Balaban J connectivity index is 1.35. The number of piperidine rings is 1. The summed E-state index contributed by atoms with van der Waals surface area (Å²) in [5, 5.41) is 9.64. The van der Waals surface area contributed by atoms with Gasteiger partial charge in [0.25, 0.3) is 0 Å². The number of aromatic amines is 1. The molecule has 1 saturated heterocycles. The average Bonchev–Trinajstić information content (AvgIpc) is 3.19. The number of nitrogens with one attached hydrogen (secondary N) is 1. The average molecular weight is 311 g/mol. The first-order valence-electron chi connectivity index (χ1n) is 8.08. The monoisotopic (exact) mass is 311 g/mol. The predicted octanol–water partition coefficient (Wildman–Crippen LogP) is 2.34. The maximum Gasteiger partial charge on any atom is 0.129 e. The van der Waals surface area contributed by atoms with Crippen molar-refractivity contribution in [3.05, 3.63) is 42.4 Å². The van der Waals surface area contributed by atoms with Crippen LogP contribution in [-0.4, -0.2) is 44.1 Å². The fraction of sp³-hybridized carbons (Fsp3) is 0.412. The van der Waals surface area contributed by atoms with Gasteiger partial charge in [0, 0.05) is 43.8 Å². The minimum Gasteiger partial charge on any atom is -0.490 e. The quantitative estimate of drug-likeness (QED) is 0.803. The third-order valence-electron chi connectivity index (χ3n) is 4.42. The van der Waals surface area contributed by atoms with Crippen LogP contribution in [0.2, 0.25) is 0 Å². The third kappa shape index (κ3) is 3.07. The summed E-state index contributed by atoms with van der Waals surface area (Å²) in [6.07, 6.45) is 6.17. The van der Waals surface area contributed by atoms with Crippen LogP contribution in [0.25, 0.3) is 10.9 Å². The molecule has 0 amide bonds. The molecule has 4 rings (SSSR count). The molecule has 3 aromatic rings. The van der Waals surface area contributed by atoms with E-state index in [0.29, 0.717) is 0 Å². The number of aryl methyl sites for hydroxylation is 1. The number of likely N-dealkylation sites (tertiary alicyclic amines) is 1. The molecule has 1 aromatic carbocycles. The molecule has 0 radical (unpaired) electrons. The second kappa shape index (κ2) is 6.04. The van der Waals surface area contributed by atoms with Gasteiger partial charge in [0.1, 0.15) is 11.9 Å². The summed E-state index contributed by atoms with van der Waals surface area (Å²) in [6, 6.07) is 8.25. The Morgan fingerprint density at radius 3 is 2.91 bits per heavy atom. The number of H-pyrrole nitrogens is 1. The van der Waals surface area contributed by atoms with E-state index in [4.69, 9.17) is 4.74 Å². The minimum absolute atomic E-state index is 0.286. The van der Waals surface area contributed by atoms with Crippen LogP contribution in [0, 0.1) is 0 Å². The van der Waals surface area contributed by atoms with Gasteiger partial charge in [-0.25, -0.2) is 0 Å². The van der Waals surface area contributed by atoms with Crippen LogP contribution < -0.4 is 4.74 Å². The first-order valence-corrected chi connectivity index (χ1v) is 8.08. The van der Waals surface area contributed by atoms with E-state index in [1.54, 1.807) is 4.80 Å². The van der Waals surface area contributed by atoms with Gasteiger partial charge in [-0.1, -0.05) is 6.07 Å². The maximum atomic E-state index is 6.25. The summed E-state index contributed by atoms with van der Waals surface area (Å²) in [7, 11) is 1.85. The molecule has 23 heavy (non-hydrogen) atoms. The van der Waals surface area contributed by atoms with E-state index in [9.17, 15) is 0 Å². The molecule has 0 spiro atoms. The highest BCUT2D eigenvalue weighted by molar-refractivity contribution is 5.85. The first kappa shape index (κ1) is 14.3. The standard InChI is InChI=1S/C17H21N5O/c1-21-19-11-13(20-21)12-22-9-6-14(7-10-22)23-17-4-2-3-16-15(17)5-8-18-16/h2-5,8,11,14,18H,6-7,9-10,12H2,1H3. The van der Waals surface area contributed by atoms with Crippen LogP contribution >= 0.6 is 0 Å². The van der Waals surface area contributed by atoms with Crippen LogP contribution in [0.5, 0.6) is 5.75 Å². The van der Waals surface area contributed by atoms with E-state index in [1.807, 2.05) is 25.5 Å². The second-order valence-corrected chi connectivity index (χ2v) is 6.11. The van der Waals surface area contributed by atoms with E-state index in [0.717, 1.165) is 54.8 Å². The molecule has 1 aliphatic rings. The number of hydrogen-bond donors (Lipinski definition) is 1. The summed E-state index contributed by atoms with van der Waals surface area (Å²) in [6.45, 7) is 2.93. The number of nitrogens with zero attached hydrogens (tertiary/aromatic N) is 4. The maximum absolute atomic E-state index is 6.25. The van der Waals surface area contributed by atoms with Gasteiger partial charge < -0.3 is 9.72 Å². The molecule has 1 N–H and O–H groups in total. The van der Waals surface area contributed by atoms with Crippen LogP contribution in [0.3, 0.4) is 0 Å². The number of fused-ring (bicyclic) bond motifs is 1. The Hall–Kier alpha value is -2.34. The summed E-state index contributed by atoms with van der Waals surface area (Å²) >= 11 is 0. The predicted molar refractivity (Wildman–Crippen MR) is 88.2 cm³/mol. The summed E-state index contributed by atoms with van der Waals surface area (Å²) in [5.41, 5.74) is 2.16. The molecule has 6 nitrogen and oxygen atoms in total. The Morgan fingerprint density at radius 1 is 1.26 bits per heavy atom. The van der Waals surface area contributed by atoms with Crippen LogP contribution in [0.15, 0.2) is 36.7 Å². The van der Waals surface area contributed by atoms with Gasteiger partial charge >= 0.3 is 0 Å². The zero-order valence-corrected chi connectivity index (χ0v) is 13.3. The molecule has 120 valence electrons. The topological polar surface area (TPSA) is 59.0 Å². The first-order chi connectivity index (χ1) is 11.3. The summed E-state index contributed by atoms with van der Waals surface area (Å²) in [5.74, 6) is 0.983. The highest BCUT2D eigenvalue weighted by Gasteiger charge is 2.21. The molecule has 0 bridgehead atoms. The molecule has 0 aliphatic carbocycles. The fourth-order valence-corrected chi connectivity index (χ4v) is 3.21. The normalized spacial score (nSPS) is 16.9. The molecule has 1 aliphatic heterocycles. The molecular formula is C17H21N5O. The second-order valence-electron chi connectivity index (χ2n) is 6.11. The largest absolute Gasteiger partial charge is 0.490 e. The zero-order chi connectivity index (χ0) is 15.6. The lowest BCUT2D eigenvalue weighted by molar-refractivity contribution is 0.0972. The van der Waals surface area contributed by atoms with E-state index in [2.05, 4.69) is 38.3 Å². The van der Waals surface area contributed by atoms with Crippen LogP contribution in [0.4, 0.5) is 0 Å². The summed E-state index contributed by atoms with van der Waals surface area (Å²) < 4.78 is 6.25. The highest BCUT2D eigenvalue weighted by Crippen LogP contribution is 2.27. The molecule has 0 saturated carbocycles. The number of aromatic nitrogens is 4. The number of benzene rings is 1. The molecular weight excluding hydrogens is 290 g/mol. The Labute approximate surface area is 135 Å². The summed E-state index contributed by atoms with van der Waals surface area (Å²) in [4.78, 5) is 7.26. The number of hydrogen-bond acceptors (Lipinski definition) is 4. The van der Waals surface area contributed by atoms with Gasteiger partial charge in [0.15, 0.2) is 0 Å². The Morgan fingerprint density at radius 2 is 2.13 bits per heavy atom. The lowest BCUT2D eigenvalue weighted by atomic mass is 10.1. The highest BCUT2D eigenvalue weighted by atomic mass is 16.5. The number of rotatable bonds is 4. The van der Waals surface area contributed by atoms with Gasteiger partial charge in [-0.3, -0.25) is 4.90 Å². The van der Waals surface area contributed by atoms with Crippen molar-refractivity contribution >= 4 is 10.9 Å². The number of ether oxygens (including phenoxy) is 1. The van der Waals surface area contributed by atoms with Crippen LogP contribution in [-0.2, 0) is 13.6 Å². The molecule has 0 unspecified atom stereocenters. The van der Waals surface area contributed by atoms with Gasteiger partial charge in [0.2, 0.25) is 0 Å². The van der Waals surface area contributed by atoms with Gasteiger partial charge in [0.05, 0.1) is 11.9 Å². The Bertz CT molecular complexity index is 785. The molecule has 3 heterocycles. The van der Waals surface area contributed by atoms with E-state index >= 15 is 0 Å². The van der Waals surface area contributed by atoms with E-state index in [-0.39, 0.29) is 6.10 Å². The minimum atomic E-state index is 0.286. The van der Waals surface area contributed by atoms with Crippen LogP contribution in [0.1, 0.15) is 18.5 Å². The van der Waals surface area contributed by atoms with Crippen molar-refractivity contribution in [1.82, 2.24) is 24.9 Å².